The number of hydrogen-bond acceptors (Lipinski definition) is 7. The molecule has 1 aliphatic heterocycles. The van der Waals surface area contributed by atoms with Crippen molar-refractivity contribution >= 4 is 39.3 Å². The van der Waals surface area contributed by atoms with Crippen LogP contribution in [0.2, 0.25) is 0 Å². The van der Waals surface area contributed by atoms with Gasteiger partial charge in [0.2, 0.25) is 10.0 Å². The first-order chi connectivity index (χ1) is 22.7. The SMILES string of the molecule is CCCCN(C(=O)Nc1cc(C(N)=O)c(F)cc1F)C1CCN(Cc2ccc(Oc3ccc(N(CC(=O)O)S(C)(=O)=O)cc3)cc2)CC1. The number of amides is 3. The molecule has 0 aliphatic carbocycles. The first-order valence-corrected chi connectivity index (χ1v) is 17.2. The number of primary amides is 1. The molecule has 3 amide bonds. The number of urea groups is 1. The van der Waals surface area contributed by atoms with E-state index in [4.69, 9.17) is 15.6 Å². The fraction of sp³-hybridized carbons (Fsp3) is 0.364. The van der Waals surface area contributed by atoms with Crippen molar-refractivity contribution in [3.8, 4) is 11.5 Å². The summed E-state index contributed by atoms with van der Waals surface area (Å²) in [6.07, 6.45) is 3.91. The van der Waals surface area contributed by atoms with Gasteiger partial charge in [-0.15, -0.1) is 0 Å². The molecule has 0 saturated carbocycles. The molecule has 48 heavy (non-hydrogen) atoms. The topological polar surface area (TPSA) is 163 Å². The summed E-state index contributed by atoms with van der Waals surface area (Å²) in [5.41, 5.74) is 5.62. The smallest absolute Gasteiger partial charge is 0.324 e. The molecule has 0 spiro atoms. The minimum atomic E-state index is -3.78. The first kappa shape index (κ1) is 36.1. The molecule has 1 saturated heterocycles. The van der Waals surface area contributed by atoms with E-state index in [-0.39, 0.29) is 17.4 Å². The number of aliphatic carboxylic acids is 1. The summed E-state index contributed by atoms with van der Waals surface area (Å²) in [4.78, 5) is 39.8. The second-order valence-electron chi connectivity index (χ2n) is 11.6. The van der Waals surface area contributed by atoms with Gasteiger partial charge in [0.25, 0.3) is 5.91 Å². The fourth-order valence-corrected chi connectivity index (χ4v) is 6.30. The third kappa shape index (κ3) is 9.64. The molecule has 1 aliphatic rings. The number of carbonyl (C=O) groups is 3. The molecule has 15 heteroatoms. The van der Waals surface area contributed by atoms with Crippen LogP contribution in [-0.2, 0) is 21.4 Å². The molecule has 1 heterocycles. The molecule has 4 N–H and O–H groups in total. The van der Waals surface area contributed by atoms with Crippen LogP contribution in [0, 0.1) is 11.6 Å². The number of nitrogens with one attached hydrogen (secondary N) is 1. The van der Waals surface area contributed by atoms with Crippen molar-refractivity contribution in [1.82, 2.24) is 9.80 Å². The van der Waals surface area contributed by atoms with Crippen LogP contribution >= 0.6 is 0 Å². The second kappa shape index (κ2) is 15.9. The fourth-order valence-electron chi connectivity index (χ4n) is 5.45. The van der Waals surface area contributed by atoms with E-state index in [2.05, 4.69) is 10.2 Å². The first-order valence-electron chi connectivity index (χ1n) is 15.4. The number of nitrogens with zero attached hydrogens (tertiary/aromatic N) is 3. The highest BCUT2D eigenvalue weighted by Gasteiger charge is 2.29. The number of piperidine rings is 1. The molecule has 1 fully saturated rings. The Morgan fingerprint density at radius 3 is 2.15 bits per heavy atom. The van der Waals surface area contributed by atoms with Crippen LogP contribution in [0.3, 0.4) is 0 Å². The lowest BCUT2D eigenvalue weighted by Gasteiger charge is -2.38. The van der Waals surface area contributed by atoms with Gasteiger partial charge in [-0.25, -0.2) is 22.0 Å². The van der Waals surface area contributed by atoms with E-state index in [1.54, 1.807) is 17.0 Å². The Bertz CT molecular complexity index is 1720. The number of likely N-dealkylation sites (tertiary alicyclic amines) is 1. The van der Waals surface area contributed by atoms with Gasteiger partial charge in [0, 0.05) is 38.3 Å². The number of carbonyl (C=O) groups excluding carboxylic acids is 2. The van der Waals surface area contributed by atoms with Crippen LogP contribution in [0.15, 0.2) is 60.7 Å². The summed E-state index contributed by atoms with van der Waals surface area (Å²) in [7, 11) is -3.78. The molecular formula is C33H39F2N5O7S. The predicted molar refractivity (Wildman–Crippen MR) is 177 cm³/mol. The van der Waals surface area contributed by atoms with E-state index >= 15 is 0 Å². The number of benzene rings is 3. The molecule has 3 aromatic rings. The van der Waals surface area contributed by atoms with Gasteiger partial charge in [-0.3, -0.25) is 18.8 Å². The average molecular weight is 688 g/mol. The minimum absolute atomic E-state index is 0.0947. The van der Waals surface area contributed by atoms with Gasteiger partial charge in [-0.2, -0.15) is 0 Å². The molecule has 0 radical (unpaired) electrons. The summed E-state index contributed by atoms with van der Waals surface area (Å²) in [6, 6.07) is 14.4. The van der Waals surface area contributed by atoms with Crippen LogP contribution in [0.4, 0.5) is 25.0 Å². The van der Waals surface area contributed by atoms with Crippen LogP contribution in [0.5, 0.6) is 11.5 Å². The number of ether oxygens (including phenoxy) is 1. The maximum Gasteiger partial charge on any atom is 0.324 e. The number of carboxylic acids is 1. The van der Waals surface area contributed by atoms with Gasteiger partial charge in [0.15, 0.2) is 0 Å². The molecule has 0 unspecified atom stereocenters. The Balaban J connectivity index is 1.32. The number of anilines is 2. The summed E-state index contributed by atoms with van der Waals surface area (Å²) >= 11 is 0. The van der Waals surface area contributed by atoms with Crippen molar-refractivity contribution in [3.63, 3.8) is 0 Å². The lowest BCUT2D eigenvalue weighted by Crippen LogP contribution is -2.49. The van der Waals surface area contributed by atoms with Gasteiger partial charge in [-0.05, 0) is 67.3 Å². The van der Waals surface area contributed by atoms with Gasteiger partial charge < -0.3 is 25.8 Å². The number of sulfonamides is 1. The summed E-state index contributed by atoms with van der Waals surface area (Å²) in [6.45, 7) is 3.88. The van der Waals surface area contributed by atoms with E-state index < -0.39 is 51.7 Å². The molecular weight excluding hydrogens is 648 g/mol. The molecule has 12 nitrogen and oxygen atoms in total. The van der Waals surface area contributed by atoms with Crippen LogP contribution in [0.1, 0.15) is 48.5 Å². The van der Waals surface area contributed by atoms with Crippen molar-refractivity contribution in [1.29, 1.82) is 0 Å². The number of hydrogen-bond donors (Lipinski definition) is 3. The molecule has 0 bridgehead atoms. The standard InChI is InChI=1S/C33H39F2N5O7S/c1-3-4-15-39(33(44)37-30-18-27(32(36)43)28(34)19-29(30)35)23-13-16-38(17-14-23)20-22-5-9-25(10-6-22)47-26-11-7-24(8-12-26)40(21-31(41)42)48(2,45)46/h5-12,18-19,23H,3-4,13-17,20-21H2,1-2H3,(H2,36,43)(H,37,44)(H,41,42). The molecule has 258 valence electrons. The zero-order valence-corrected chi connectivity index (χ0v) is 27.5. The number of nitrogens with two attached hydrogens (primary N) is 1. The second-order valence-corrected chi connectivity index (χ2v) is 13.5. The maximum absolute atomic E-state index is 14.4. The highest BCUT2D eigenvalue weighted by molar-refractivity contribution is 7.92. The molecule has 4 rings (SSSR count). The monoisotopic (exact) mass is 687 g/mol. The summed E-state index contributed by atoms with van der Waals surface area (Å²) in [5.74, 6) is -3.42. The van der Waals surface area contributed by atoms with Gasteiger partial charge in [0.05, 0.1) is 23.2 Å². The van der Waals surface area contributed by atoms with Crippen molar-refractivity contribution in [2.45, 2.75) is 45.2 Å². The number of unbranched alkanes of at least 4 members (excludes halogenated alkanes) is 1. The van der Waals surface area contributed by atoms with Crippen molar-refractivity contribution in [2.24, 2.45) is 5.73 Å². The molecule has 0 aromatic heterocycles. The van der Waals surface area contributed by atoms with Crippen LogP contribution in [0.25, 0.3) is 0 Å². The van der Waals surface area contributed by atoms with Gasteiger partial charge in [0.1, 0.15) is 29.7 Å². The van der Waals surface area contributed by atoms with E-state index in [9.17, 15) is 31.6 Å². The number of carboxylic acid groups (broad SMARTS) is 1. The highest BCUT2D eigenvalue weighted by Crippen LogP contribution is 2.27. The molecule has 0 atom stereocenters. The third-order valence-corrected chi connectivity index (χ3v) is 9.08. The lowest BCUT2D eigenvalue weighted by atomic mass is 10.0. The van der Waals surface area contributed by atoms with Crippen molar-refractivity contribution in [2.75, 3.05) is 42.1 Å². The quantitative estimate of drug-likeness (QED) is 0.213. The van der Waals surface area contributed by atoms with E-state index in [1.165, 1.54) is 12.1 Å². The predicted octanol–water partition coefficient (Wildman–Crippen LogP) is 5.01. The highest BCUT2D eigenvalue weighted by atomic mass is 32.2. The number of halogens is 2. The Labute approximate surface area is 278 Å². The third-order valence-electron chi connectivity index (χ3n) is 7.94. The van der Waals surface area contributed by atoms with Gasteiger partial charge in [-0.1, -0.05) is 25.5 Å². The van der Waals surface area contributed by atoms with E-state index in [0.29, 0.717) is 56.6 Å². The van der Waals surface area contributed by atoms with E-state index in [0.717, 1.165) is 35.0 Å². The summed E-state index contributed by atoms with van der Waals surface area (Å²) < 4.78 is 59.1. The Morgan fingerprint density at radius 1 is 1.00 bits per heavy atom. The summed E-state index contributed by atoms with van der Waals surface area (Å²) in [5, 5.41) is 11.6. The Kier molecular flexibility index (Phi) is 11.9. The van der Waals surface area contributed by atoms with Crippen molar-refractivity contribution in [3.05, 3.63) is 83.4 Å². The zero-order valence-electron chi connectivity index (χ0n) is 26.7. The van der Waals surface area contributed by atoms with E-state index in [1.807, 2.05) is 31.2 Å². The average Bonchev–Trinajstić information content (AvgIpc) is 3.03. The minimum Gasteiger partial charge on any atom is -0.480 e. The molecule has 3 aromatic carbocycles. The zero-order chi connectivity index (χ0) is 35.0. The maximum atomic E-state index is 14.4. The number of rotatable bonds is 14. The van der Waals surface area contributed by atoms with Crippen molar-refractivity contribution < 1.29 is 41.4 Å². The lowest BCUT2D eigenvalue weighted by molar-refractivity contribution is -0.135. The Hall–Kier alpha value is -4.76. The van der Waals surface area contributed by atoms with Crippen LogP contribution in [-0.4, -0.2) is 79.7 Å². The largest absolute Gasteiger partial charge is 0.480 e. The Morgan fingerprint density at radius 2 is 1.60 bits per heavy atom. The van der Waals surface area contributed by atoms with Gasteiger partial charge >= 0.3 is 12.0 Å². The van der Waals surface area contributed by atoms with Crippen LogP contribution < -0.4 is 20.1 Å². The normalized spacial score (nSPS) is 13.9.